The molecule has 0 radical (unpaired) electrons. The molecule has 1 saturated carbocycles. The Kier molecular flexibility index (Phi) is 5.35. The zero-order valence-electron chi connectivity index (χ0n) is 18.7. The molecule has 182 valence electrons. The largest absolute Gasteiger partial charge is 0.306 e. The summed E-state index contributed by atoms with van der Waals surface area (Å²) in [6.45, 7) is -1.30. The van der Waals surface area contributed by atoms with E-state index in [1.165, 1.54) is 6.07 Å². The highest BCUT2D eigenvalue weighted by Crippen LogP contribution is 2.39. The van der Waals surface area contributed by atoms with Crippen LogP contribution in [0.2, 0.25) is 0 Å². The number of hydrogen-bond acceptors (Lipinski definition) is 6. The van der Waals surface area contributed by atoms with E-state index in [-0.39, 0.29) is 17.3 Å². The van der Waals surface area contributed by atoms with E-state index in [0.717, 1.165) is 39.8 Å². The Hall–Kier alpha value is -4.35. The van der Waals surface area contributed by atoms with E-state index in [1.807, 2.05) is 22.9 Å². The summed E-state index contributed by atoms with van der Waals surface area (Å²) in [7, 11) is 0. The first-order valence-corrected chi connectivity index (χ1v) is 11.3. The Bertz CT molecular complexity index is 1620. The average Bonchev–Trinajstić information content (AvgIpc) is 3.42. The van der Waals surface area contributed by atoms with E-state index >= 15 is 0 Å². The van der Waals surface area contributed by atoms with Crippen LogP contribution in [0.4, 0.5) is 13.2 Å². The number of alkyl halides is 3. The molecule has 1 aromatic carbocycles. The lowest BCUT2D eigenvalue weighted by molar-refractivity contribution is 0.0691. The van der Waals surface area contributed by atoms with Crippen LogP contribution in [0.3, 0.4) is 0 Å². The summed E-state index contributed by atoms with van der Waals surface area (Å²) in [5, 5.41) is 12.8. The minimum atomic E-state index is -2.96. The van der Waals surface area contributed by atoms with Gasteiger partial charge < -0.3 is 9.13 Å². The number of rotatable bonds is 7. The fourth-order valence-corrected chi connectivity index (χ4v) is 4.12. The molecule has 1 aliphatic carbocycles. The van der Waals surface area contributed by atoms with E-state index in [1.54, 1.807) is 30.7 Å². The molecule has 1 atom stereocenters. The molecular weight excluding hydrogens is 473 g/mol. The average molecular weight is 492 g/mol. The van der Waals surface area contributed by atoms with Gasteiger partial charge in [-0.05, 0) is 37.1 Å². The smallest absolute Gasteiger partial charge is 0.280 e. The normalized spacial score (nSPS) is 14.6. The van der Waals surface area contributed by atoms with Gasteiger partial charge in [0.05, 0.1) is 23.6 Å². The van der Waals surface area contributed by atoms with Crippen molar-refractivity contribution in [2.75, 3.05) is 6.67 Å². The third-order valence-electron chi connectivity index (χ3n) is 6.23. The third-order valence-corrected chi connectivity index (χ3v) is 6.23. The van der Waals surface area contributed by atoms with Gasteiger partial charge in [0.2, 0.25) is 0 Å². The van der Waals surface area contributed by atoms with Gasteiger partial charge in [0, 0.05) is 23.2 Å². The quantitative estimate of drug-likeness (QED) is 0.342. The number of halogens is 3. The van der Waals surface area contributed by atoms with E-state index in [4.69, 9.17) is 0 Å². The van der Waals surface area contributed by atoms with E-state index < -0.39 is 24.7 Å². The second kappa shape index (κ2) is 8.70. The predicted octanol–water partition coefficient (Wildman–Crippen LogP) is 3.88. The van der Waals surface area contributed by atoms with Gasteiger partial charge in [-0.2, -0.15) is 9.78 Å². The monoisotopic (exact) mass is 492 g/mol. The van der Waals surface area contributed by atoms with Crippen molar-refractivity contribution in [3.8, 4) is 23.0 Å². The molecule has 6 rings (SSSR count). The molecule has 1 fully saturated rings. The lowest BCUT2D eigenvalue weighted by Crippen LogP contribution is -2.22. The van der Waals surface area contributed by atoms with Crippen molar-refractivity contribution in [3.63, 3.8) is 0 Å². The molecule has 0 bridgehead atoms. The Morgan fingerprint density at radius 2 is 1.97 bits per heavy atom. The van der Waals surface area contributed by atoms with Crippen LogP contribution in [0.1, 0.15) is 30.5 Å². The molecule has 12 heteroatoms. The Labute approximate surface area is 201 Å². The SMILES string of the molecule is O=c1c2cc(-n3cnc(C4CC4)c3)ccc2cnn1-c1cccc(-c2nncn2C(CF)C(F)F)n1. The summed E-state index contributed by atoms with van der Waals surface area (Å²) >= 11 is 0. The van der Waals surface area contributed by atoms with Gasteiger partial charge >= 0.3 is 0 Å². The van der Waals surface area contributed by atoms with Crippen LogP contribution in [0.25, 0.3) is 33.8 Å². The number of hydrogen-bond donors (Lipinski definition) is 0. The van der Waals surface area contributed by atoms with E-state index in [9.17, 15) is 18.0 Å². The zero-order chi connectivity index (χ0) is 24.8. The highest BCUT2D eigenvalue weighted by molar-refractivity contribution is 5.83. The van der Waals surface area contributed by atoms with Gasteiger partial charge in [0.25, 0.3) is 12.0 Å². The minimum Gasteiger partial charge on any atom is -0.306 e. The number of fused-ring (bicyclic) bond motifs is 1. The standard InChI is InChI=1S/C24H19F3N8O/c25-9-20(22(26)27)34-13-29-32-23(34)18-2-1-3-21(31-18)35-24(36)17-8-16(7-6-15(17)10-30-35)33-11-19(28-12-33)14-4-5-14/h1-3,6-8,10-14,20,22H,4-5,9H2. The van der Waals surface area contributed by atoms with Crippen molar-refractivity contribution in [1.29, 1.82) is 0 Å². The maximum Gasteiger partial charge on any atom is 0.280 e. The van der Waals surface area contributed by atoms with E-state index in [0.29, 0.717) is 16.7 Å². The molecule has 9 nitrogen and oxygen atoms in total. The molecule has 0 saturated heterocycles. The van der Waals surface area contributed by atoms with Crippen molar-refractivity contribution in [1.82, 2.24) is 39.1 Å². The molecule has 36 heavy (non-hydrogen) atoms. The van der Waals surface area contributed by atoms with Gasteiger partial charge in [0.1, 0.15) is 24.7 Å². The van der Waals surface area contributed by atoms with Crippen molar-refractivity contribution >= 4 is 10.8 Å². The molecule has 1 unspecified atom stereocenters. The summed E-state index contributed by atoms with van der Waals surface area (Å²) in [5.41, 5.74) is 1.57. The summed E-state index contributed by atoms with van der Waals surface area (Å²) in [6, 6.07) is 8.39. The number of aromatic nitrogens is 8. The first-order valence-electron chi connectivity index (χ1n) is 11.3. The lowest BCUT2D eigenvalue weighted by Gasteiger charge is -2.15. The van der Waals surface area contributed by atoms with E-state index in [2.05, 4.69) is 25.3 Å². The van der Waals surface area contributed by atoms with Crippen LogP contribution in [-0.2, 0) is 0 Å². The number of benzene rings is 1. The third kappa shape index (κ3) is 3.84. The fraction of sp³-hybridized carbons (Fsp3) is 0.250. The fourth-order valence-electron chi connectivity index (χ4n) is 4.12. The topological polar surface area (TPSA) is 96.3 Å². The van der Waals surface area contributed by atoms with Crippen LogP contribution in [0, 0.1) is 0 Å². The number of nitrogens with zero attached hydrogens (tertiary/aromatic N) is 8. The predicted molar refractivity (Wildman–Crippen MR) is 124 cm³/mol. The van der Waals surface area contributed by atoms with Crippen LogP contribution >= 0.6 is 0 Å². The Balaban J connectivity index is 1.40. The number of pyridine rings is 1. The first-order chi connectivity index (χ1) is 17.5. The number of imidazole rings is 1. The van der Waals surface area contributed by atoms with Crippen molar-refractivity contribution < 1.29 is 13.2 Å². The molecule has 0 N–H and O–H groups in total. The van der Waals surface area contributed by atoms with Gasteiger partial charge in [-0.15, -0.1) is 10.2 Å². The zero-order valence-corrected chi connectivity index (χ0v) is 18.7. The van der Waals surface area contributed by atoms with Crippen molar-refractivity contribution in [3.05, 3.63) is 77.5 Å². The van der Waals surface area contributed by atoms with Crippen LogP contribution in [0.15, 0.2) is 66.2 Å². The van der Waals surface area contributed by atoms with Crippen LogP contribution < -0.4 is 5.56 Å². The second-order valence-corrected chi connectivity index (χ2v) is 8.61. The minimum absolute atomic E-state index is 0.0394. The maximum absolute atomic E-state index is 13.4. The van der Waals surface area contributed by atoms with Crippen molar-refractivity contribution in [2.24, 2.45) is 0 Å². The molecule has 5 aromatic rings. The first kappa shape index (κ1) is 22.1. The highest BCUT2D eigenvalue weighted by Gasteiger charge is 2.27. The summed E-state index contributed by atoms with van der Waals surface area (Å²) in [6.07, 6.45) is 5.63. The molecular formula is C24H19F3N8O. The molecule has 0 aliphatic heterocycles. The van der Waals surface area contributed by atoms with Gasteiger partial charge in [-0.25, -0.2) is 23.1 Å². The second-order valence-electron chi connectivity index (χ2n) is 8.61. The molecule has 0 amide bonds. The molecule has 4 aromatic heterocycles. The van der Waals surface area contributed by atoms with Crippen LogP contribution in [0.5, 0.6) is 0 Å². The molecule has 0 spiro atoms. The van der Waals surface area contributed by atoms with Gasteiger partial charge in [-0.1, -0.05) is 12.1 Å². The summed E-state index contributed by atoms with van der Waals surface area (Å²) in [4.78, 5) is 22.3. The Morgan fingerprint density at radius 1 is 1.11 bits per heavy atom. The lowest BCUT2D eigenvalue weighted by atomic mass is 10.2. The maximum atomic E-state index is 13.4. The Morgan fingerprint density at radius 3 is 2.75 bits per heavy atom. The summed E-state index contributed by atoms with van der Waals surface area (Å²) < 4.78 is 43.8. The van der Waals surface area contributed by atoms with Gasteiger partial charge in [-0.3, -0.25) is 4.79 Å². The summed E-state index contributed by atoms with van der Waals surface area (Å²) in [5.74, 6) is 0.632. The molecule has 1 aliphatic rings. The van der Waals surface area contributed by atoms with Gasteiger partial charge in [0.15, 0.2) is 11.6 Å². The highest BCUT2D eigenvalue weighted by atomic mass is 19.3. The van der Waals surface area contributed by atoms with Crippen molar-refractivity contribution in [2.45, 2.75) is 31.2 Å². The van der Waals surface area contributed by atoms with Crippen LogP contribution in [-0.4, -0.2) is 52.2 Å². The molecule has 4 heterocycles.